The summed E-state index contributed by atoms with van der Waals surface area (Å²) >= 11 is 0. The average Bonchev–Trinajstić information content (AvgIpc) is 2.47. The number of halogens is 1. The van der Waals surface area contributed by atoms with Gasteiger partial charge in [0.25, 0.3) is 0 Å². The molecule has 0 saturated heterocycles. The third-order valence-electron chi connectivity index (χ3n) is 2.72. The maximum Gasteiger partial charge on any atom is 0.142 e. The molecule has 0 saturated carbocycles. The first kappa shape index (κ1) is 14.9. The van der Waals surface area contributed by atoms with E-state index in [4.69, 9.17) is 9.84 Å². The Morgan fingerprint density at radius 1 is 1.14 bits per heavy atom. The molecule has 2 aromatic carbocycles. The zero-order chi connectivity index (χ0) is 15.1. The number of rotatable bonds is 4. The van der Waals surface area contributed by atoms with Crippen molar-refractivity contribution in [2.45, 2.75) is 13.0 Å². The van der Waals surface area contributed by atoms with Crippen LogP contribution in [-0.2, 0) is 6.61 Å². The molecule has 0 unspecified atom stereocenters. The zero-order valence-electron chi connectivity index (χ0n) is 11.3. The van der Waals surface area contributed by atoms with Gasteiger partial charge >= 0.3 is 0 Å². The molecule has 0 aromatic heterocycles. The Kier molecular flexibility index (Phi) is 5.19. The Hall–Kier alpha value is -2.51. The molecule has 2 aromatic rings. The van der Waals surface area contributed by atoms with Gasteiger partial charge in [0.2, 0.25) is 0 Å². The molecule has 108 valence electrons. The summed E-state index contributed by atoms with van der Waals surface area (Å²) in [5, 5.41) is 18.0. The highest BCUT2D eigenvalue weighted by Gasteiger charge is 2.03. The molecule has 0 aliphatic heterocycles. The maximum atomic E-state index is 13.8. The minimum atomic E-state index is -0.464. The van der Waals surface area contributed by atoms with E-state index in [1.807, 2.05) is 6.07 Å². The molecule has 21 heavy (non-hydrogen) atoms. The van der Waals surface area contributed by atoms with Gasteiger partial charge in [-0.1, -0.05) is 24.0 Å². The van der Waals surface area contributed by atoms with E-state index >= 15 is 0 Å². The number of benzene rings is 2. The van der Waals surface area contributed by atoms with Crippen LogP contribution in [0.1, 0.15) is 17.5 Å². The third-order valence-corrected chi connectivity index (χ3v) is 2.72. The first-order valence-corrected chi connectivity index (χ1v) is 6.49. The van der Waals surface area contributed by atoms with E-state index in [9.17, 15) is 9.50 Å². The monoisotopic (exact) mass is 286 g/mol. The van der Waals surface area contributed by atoms with E-state index in [0.29, 0.717) is 12.2 Å². The fourth-order valence-electron chi connectivity index (χ4n) is 1.71. The van der Waals surface area contributed by atoms with Crippen LogP contribution in [0, 0.1) is 17.7 Å². The lowest BCUT2D eigenvalue weighted by molar-refractivity contribution is 0.303. The summed E-state index contributed by atoms with van der Waals surface area (Å²) in [5.41, 5.74) is 1.07. The van der Waals surface area contributed by atoms with Crippen molar-refractivity contribution in [3.63, 3.8) is 0 Å². The largest absolute Gasteiger partial charge is 0.508 e. The van der Waals surface area contributed by atoms with Gasteiger partial charge in [0.1, 0.15) is 23.9 Å². The molecule has 0 aliphatic rings. The molecule has 0 aliphatic carbocycles. The van der Waals surface area contributed by atoms with Crippen LogP contribution < -0.4 is 4.74 Å². The fraction of sp³-hybridized carbons (Fsp3) is 0.176. The van der Waals surface area contributed by atoms with E-state index in [2.05, 4.69) is 11.8 Å². The van der Waals surface area contributed by atoms with Crippen LogP contribution >= 0.6 is 0 Å². The van der Waals surface area contributed by atoms with Gasteiger partial charge in [-0.3, -0.25) is 0 Å². The maximum absolute atomic E-state index is 13.8. The third kappa shape index (κ3) is 4.51. The van der Waals surface area contributed by atoms with Crippen molar-refractivity contribution in [1.29, 1.82) is 0 Å². The molecular formula is C17H15FO3. The molecule has 0 bridgehead atoms. The van der Waals surface area contributed by atoms with E-state index in [1.165, 1.54) is 12.1 Å². The summed E-state index contributed by atoms with van der Waals surface area (Å²) in [6, 6.07) is 11.1. The highest BCUT2D eigenvalue weighted by Crippen LogP contribution is 2.18. The lowest BCUT2D eigenvalue weighted by Gasteiger charge is -2.07. The quantitative estimate of drug-likeness (QED) is 0.850. The lowest BCUT2D eigenvalue weighted by atomic mass is 10.2. The van der Waals surface area contributed by atoms with Crippen molar-refractivity contribution in [3.8, 4) is 23.3 Å². The van der Waals surface area contributed by atoms with Crippen molar-refractivity contribution >= 4 is 0 Å². The molecule has 0 fully saturated rings. The molecule has 2 rings (SSSR count). The summed E-state index contributed by atoms with van der Waals surface area (Å²) < 4.78 is 19.3. The number of hydrogen-bond acceptors (Lipinski definition) is 3. The number of phenolic OH excluding ortho intramolecular Hbond substituents is 1. The van der Waals surface area contributed by atoms with Crippen LogP contribution in [0.3, 0.4) is 0 Å². The van der Waals surface area contributed by atoms with Crippen molar-refractivity contribution in [2.75, 3.05) is 6.61 Å². The predicted molar refractivity (Wildman–Crippen MR) is 77.4 cm³/mol. The van der Waals surface area contributed by atoms with Crippen LogP contribution in [0.25, 0.3) is 0 Å². The van der Waals surface area contributed by atoms with Gasteiger partial charge in [0.05, 0.1) is 12.2 Å². The van der Waals surface area contributed by atoms with Gasteiger partial charge in [0, 0.05) is 12.5 Å². The minimum Gasteiger partial charge on any atom is -0.508 e. The lowest BCUT2D eigenvalue weighted by Crippen LogP contribution is -1.96. The SMILES string of the molecule is OCCC#Cc1ccc(OCc2cccc(O)c2)cc1F. The Morgan fingerprint density at radius 2 is 2.00 bits per heavy atom. The van der Waals surface area contributed by atoms with Gasteiger partial charge in [-0.2, -0.15) is 0 Å². The van der Waals surface area contributed by atoms with Crippen LogP contribution in [0.5, 0.6) is 11.5 Å². The van der Waals surface area contributed by atoms with Gasteiger partial charge in [0.15, 0.2) is 0 Å². The van der Waals surface area contributed by atoms with Crippen molar-refractivity contribution in [2.24, 2.45) is 0 Å². The highest BCUT2D eigenvalue weighted by atomic mass is 19.1. The molecular weight excluding hydrogens is 271 g/mol. The molecule has 0 radical (unpaired) electrons. The number of ether oxygens (including phenoxy) is 1. The van der Waals surface area contributed by atoms with E-state index < -0.39 is 5.82 Å². The summed E-state index contributed by atoms with van der Waals surface area (Å²) in [6.45, 7) is 0.198. The second-order valence-electron chi connectivity index (χ2n) is 4.38. The molecule has 0 amide bonds. The zero-order valence-corrected chi connectivity index (χ0v) is 11.3. The van der Waals surface area contributed by atoms with Crippen LogP contribution in [0.4, 0.5) is 4.39 Å². The van der Waals surface area contributed by atoms with Crippen LogP contribution in [-0.4, -0.2) is 16.8 Å². The van der Waals surface area contributed by atoms with E-state index in [0.717, 1.165) is 5.56 Å². The molecule has 0 heterocycles. The number of aromatic hydroxyl groups is 1. The molecule has 2 N–H and O–H groups in total. The van der Waals surface area contributed by atoms with Gasteiger partial charge in [-0.15, -0.1) is 0 Å². The molecule has 0 spiro atoms. The minimum absolute atomic E-state index is 0.0419. The topological polar surface area (TPSA) is 49.7 Å². The smallest absolute Gasteiger partial charge is 0.142 e. The Balaban J connectivity index is 2.02. The summed E-state index contributed by atoms with van der Waals surface area (Å²) in [4.78, 5) is 0. The Morgan fingerprint density at radius 3 is 2.71 bits per heavy atom. The standard InChI is InChI=1S/C17H15FO3/c18-17-11-16(8-7-14(17)5-1-2-9-19)21-12-13-4-3-6-15(20)10-13/h3-4,6-8,10-11,19-20H,2,9,12H2. The number of phenols is 1. The van der Waals surface area contributed by atoms with Gasteiger partial charge in [-0.25, -0.2) is 4.39 Å². The predicted octanol–water partition coefficient (Wildman–Crippen LogP) is 2.84. The van der Waals surface area contributed by atoms with Crippen LogP contribution in [0.15, 0.2) is 42.5 Å². The summed E-state index contributed by atoms with van der Waals surface area (Å²) in [6.07, 6.45) is 0.315. The van der Waals surface area contributed by atoms with Crippen molar-refractivity contribution in [3.05, 3.63) is 59.4 Å². The second-order valence-corrected chi connectivity index (χ2v) is 4.38. The number of hydrogen-bond donors (Lipinski definition) is 2. The molecule has 4 heteroatoms. The Bertz CT molecular complexity index is 671. The Labute approximate surface area is 122 Å². The van der Waals surface area contributed by atoms with Crippen molar-refractivity contribution < 1.29 is 19.3 Å². The highest BCUT2D eigenvalue weighted by molar-refractivity contribution is 5.40. The molecule has 0 atom stereocenters. The fourth-order valence-corrected chi connectivity index (χ4v) is 1.71. The number of aliphatic hydroxyl groups is 1. The summed E-state index contributed by atoms with van der Waals surface area (Å²) in [7, 11) is 0. The second kappa shape index (κ2) is 7.32. The normalized spacial score (nSPS) is 9.81. The average molecular weight is 286 g/mol. The van der Waals surface area contributed by atoms with Crippen molar-refractivity contribution in [1.82, 2.24) is 0 Å². The number of aliphatic hydroxyl groups excluding tert-OH is 1. The summed E-state index contributed by atoms with van der Waals surface area (Å²) in [5.74, 6) is 5.41. The first-order valence-electron chi connectivity index (χ1n) is 6.49. The van der Waals surface area contributed by atoms with Crippen LogP contribution in [0.2, 0.25) is 0 Å². The van der Waals surface area contributed by atoms with Gasteiger partial charge in [-0.05, 0) is 29.8 Å². The van der Waals surface area contributed by atoms with E-state index in [-0.39, 0.29) is 24.5 Å². The van der Waals surface area contributed by atoms with E-state index in [1.54, 1.807) is 24.3 Å². The van der Waals surface area contributed by atoms with Gasteiger partial charge < -0.3 is 14.9 Å². The first-order chi connectivity index (χ1) is 10.2. The molecule has 3 nitrogen and oxygen atoms in total.